The van der Waals surface area contributed by atoms with Crippen molar-refractivity contribution >= 4 is 39.5 Å². The van der Waals surface area contributed by atoms with E-state index in [1.165, 1.54) is 205 Å². The average Bonchev–Trinajstić information content (AvgIpc) is 1.67. The van der Waals surface area contributed by atoms with Gasteiger partial charge in [0.05, 0.1) is 26.4 Å². The lowest BCUT2D eigenvalue weighted by Gasteiger charge is -2.21. The summed E-state index contributed by atoms with van der Waals surface area (Å²) in [5.41, 5.74) is 0. The highest BCUT2D eigenvalue weighted by molar-refractivity contribution is 7.47. The lowest BCUT2D eigenvalue weighted by molar-refractivity contribution is -0.161. The van der Waals surface area contributed by atoms with Gasteiger partial charge in [0.15, 0.2) is 12.2 Å². The van der Waals surface area contributed by atoms with Crippen molar-refractivity contribution in [2.75, 3.05) is 39.6 Å². The normalized spacial score (nSPS) is 14.0. The van der Waals surface area contributed by atoms with E-state index in [0.717, 1.165) is 102 Å². The lowest BCUT2D eigenvalue weighted by Crippen LogP contribution is -2.30. The second-order valence-corrected chi connectivity index (χ2v) is 31.3. The lowest BCUT2D eigenvalue weighted by atomic mass is 10.0. The first-order valence-corrected chi connectivity index (χ1v) is 42.5. The van der Waals surface area contributed by atoms with Gasteiger partial charge in [-0.05, 0) is 37.5 Å². The van der Waals surface area contributed by atoms with Gasteiger partial charge in [-0.15, -0.1) is 0 Å². The number of carbonyl (C=O) groups excluding carboxylic acids is 4. The van der Waals surface area contributed by atoms with Gasteiger partial charge in [0.1, 0.15) is 19.3 Å². The maximum Gasteiger partial charge on any atom is 0.472 e. The van der Waals surface area contributed by atoms with E-state index in [4.69, 9.17) is 37.0 Å². The standard InChI is InChI=1S/C76H148O17P2/c1-7-9-11-13-15-17-19-30-34-40-46-52-58-73(78)86-64-71(92-76(81)61-55-49-42-36-32-28-26-24-22-21-23-25-27-29-33-38-44-50-56-68(3)4)66-90-94(82,83)88-62-70(77)63-89-95(84,85)91-67-72(65-87-74(79)59-53-47-43-37-39-45-51-57-69(5)6)93-75(80)60-54-48-41-35-31-20-18-16-14-12-10-8-2/h68-72,77H,7-67H2,1-6H3,(H,82,83)(H,84,85)/t70-,71-,72-/m1/s1. The van der Waals surface area contributed by atoms with Crippen molar-refractivity contribution in [3.05, 3.63) is 0 Å². The van der Waals surface area contributed by atoms with Crippen LogP contribution in [0.15, 0.2) is 0 Å². The molecule has 564 valence electrons. The fourth-order valence-electron chi connectivity index (χ4n) is 11.7. The molecule has 0 fully saturated rings. The summed E-state index contributed by atoms with van der Waals surface area (Å²) in [6.45, 7) is 9.57. The van der Waals surface area contributed by atoms with Crippen molar-refractivity contribution in [3.8, 4) is 0 Å². The second-order valence-electron chi connectivity index (χ2n) is 28.3. The minimum atomic E-state index is -4.96. The highest BCUT2D eigenvalue weighted by Gasteiger charge is 2.30. The van der Waals surface area contributed by atoms with Gasteiger partial charge in [-0.2, -0.15) is 0 Å². The van der Waals surface area contributed by atoms with Gasteiger partial charge in [-0.25, -0.2) is 9.13 Å². The van der Waals surface area contributed by atoms with Gasteiger partial charge in [-0.1, -0.05) is 343 Å². The number of esters is 4. The molecule has 0 aliphatic rings. The molecule has 0 aliphatic carbocycles. The molecule has 0 aromatic carbocycles. The van der Waals surface area contributed by atoms with Crippen LogP contribution >= 0.6 is 15.6 Å². The number of phosphoric acid groups is 2. The van der Waals surface area contributed by atoms with Crippen LogP contribution < -0.4 is 0 Å². The molecule has 3 N–H and O–H groups in total. The van der Waals surface area contributed by atoms with E-state index in [2.05, 4.69) is 41.5 Å². The Kier molecular flexibility index (Phi) is 66.5. The zero-order chi connectivity index (χ0) is 70.0. The van der Waals surface area contributed by atoms with E-state index < -0.39 is 97.5 Å². The second kappa shape index (κ2) is 67.9. The van der Waals surface area contributed by atoms with Crippen molar-refractivity contribution in [1.29, 1.82) is 0 Å². The molecule has 95 heavy (non-hydrogen) atoms. The molecular weight excluding hydrogens is 1250 g/mol. The van der Waals surface area contributed by atoms with Crippen LogP contribution in [0.25, 0.3) is 0 Å². The Balaban J connectivity index is 5.19. The molecule has 2 unspecified atom stereocenters. The van der Waals surface area contributed by atoms with E-state index in [-0.39, 0.29) is 25.7 Å². The summed E-state index contributed by atoms with van der Waals surface area (Å²) in [5.74, 6) is -0.590. The molecule has 5 atom stereocenters. The highest BCUT2D eigenvalue weighted by Crippen LogP contribution is 2.45. The molecular formula is C76H148O17P2. The molecule has 0 spiro atoms. The van der Waals surface area contributed by atoms with Gasteiger partial charge >= 0.3 is 39.5 Å². The van der Waals surface area contributed by atoms with Crippen LogP contribution in [0.2, 0.25) is 0 Å². The van der Waals surface area contributed by atoms with Crippen molar-refractivity contribution in [3.63, 3.8) is 0 Å². The third-order valence-electron chi connectivity index (χ3n) is 17.7. The molecule has 0 amide bonds. The van der Waals surface area contributed by atoms with Crippen molar-refractivity contribution in [2.45, 2.75) is 413 Å². The number of aliphatic hydroxyl groups excluding tert-OH is 1. The molecule has 0 heterocycles. The Hall–Kier alpha value is -1.94. The van der Waals surface area contributed by atoms with Gasteiger partial charge in [0.25, 0.3) is 0 Å². The summed E-state index contributed by atoms with van der Waals surface area (Å²) in [5, 5.41) is 10.6. The van der Waals surface area contributed by atoms with Crippen LogP contribution in [0.5, 0.6) is 0 Å². The predicted octanol–water partition coefficient (Wildman–Crippen LogP) is 22.3. The van der Waals surface area contributed by atoms with E-state index in [0.29, 0.717) is 31.6 Å². The molecule has 0 aromatic heterocycles. The molecule has 0 aliphatic heterocycles. The summed E-state index contributed by atoms with van der Waals surface area (Å²) in [7, 11) is -9.91. The summed E-state index contributed by atoms with van der Waals surface area (Å²) < 4.78 is 68.5. The van der Waals surface area contributed by atoms with Gasteiger partial charge in [0.2, 0.25) is 0 Å². The zero-order valence-electron chi connectivity index (χ0n) is 62.0. The van der Waals surface area contributed by atoms with Crippen LogP contribution in [0.4, 0.5) is 0 Å². The van der Waals surface area contributed by atoms with Gasteiger partial charge in [-0.3, -0.25) is 37.3 Å². The largest absolute Gasteiger partial charge is 0.472 e. The molecule has 17 nitrogen and oxygen atoms in total. The number of hydrogen-bond donors (Lipinski definition) is 3. The van der Waals surface area contributed by atoms with E-state index in [1.807, 2.05) is 0 Å². The van der Waals surface area contributed by atoms with Crippen molar-refractivity contribution < 1.29 is 80.2 Å². The molecule has 19 heteroatoms. The van der Waals surface area contributed by atoms with Crippen LogP contribution in [-0.2, 0) is 65.4 Å². The van der Waals surface area contributed by atoms with E-state index in [9.17, 15) is 43.2 Å². The number of aliphatic hydroxyl groups is 1. The summed E-state index contributed by atoms with van der Waals surface area (Å²) in [6, 6.07) is 0. The topological polar surface area (TPSA) is 237 Å². The third-order valence-corrected chi connectivity index (χ3v) is 19.6. The minimum absolute atomic E-state index is 0.107. The smallest absolute Gasteiger partial charge is 0.462 e. The van der Waals surface area contributed by atoms with E-state index >= 15 is 0 Å². The quantitative estimate of drug-likeness (QED) is 0.0222. The Morgan fingerprint density at radius 1 is 0.284 bits per heavy atom. The highest BCUT2D eigenvalue weighted by atomic mass is 31.2. The van der Waals surface area contributed by atoms with Gasteiger partial charge in [0, 0.05) is 25.7 Å². The van der Waals surface area contributed by atoms with Crippen molar-refractivity contribution in [2.24, 2.45) is 11.8 Å². The minimum Gasteiger partial charge on any atom is -0.462 e. The van der Waals surface area contributed by atoms with Crippen molar-refractivity contribution in [1.82, 2.24) is 0 Å². The molecule has 0 radical (unpaired) electrons. The molecule has 0 bridgehead atoms. The third kappa shape index (κ3) is 70.3. The summed E-state index contributed by atoms with van der Waals surface area (Å²) in [4.78, 5) is 72.7. The Bertz CT molecular complexity index is 1840. The summed E-state index contributed by atoms with van der Waals surface area (Å²) in [6.07, 6.45) is 55.6. The molecule has 0 aromatic rings. The SMILES string of the molecule is CCCCCCCCCCCCCCC(=O)OC[C@H](COP(=O)(O)OC[C@@H](O)COP(=O)(O)OC[C@@H](COC(=O)CCCCCCCCCC(C)C)OC(=O)CCCCCCCCCCCCCC)OC(=O)CCCCCCCCCCCCCCCCCCCCC(C)C. The van der Waals surface area contributed by atoms with Crippen LogP contribution in [-0.4, -0.2) is 96.7 Å². The monoisotopic (exact) mass is 1400 g/mol. The zero-order valence-corrected chi connectivity index (χ0v) is 63.8. The average molecular weight is 1400 g/mol. The molecule has 0 rings (SSSR count). The van der Waals surface area contributed by atoms with Crippen LogP contribution in [0.3, 0.4) is 0 Å². The summed E-state index contributed by atoms with van der Waals surface area (Å²) >= 11 is 0. The Morgan fingerprint density at radius 2 is 0.484 bits per heavy atom. The first-order chi connectivity index (χ1) is 45.9. The Labute approximate surface area is 581 Å². The number of carbonyl (C=O) groups is 4. The fraction of sp³-hybridized carbons (Fsp3) is 0.947. The number of rotatable bonds is 75. The predicted molar refractivity (Wildman–Crippen MR) is 386 cm³/mol. The fourth-order valence-corrected chi connectivity index (χ4v) is 13.2. The number of unbranched alkanes of at least 4 members (excludes halogenated alkanes) is 45. The maximum atomic E-state index is 13.1. The van der Waals surface area contributed by atoms with Gasteiger partial charge < -0.3 is 33.8 Å². The number of phosphoric ester groups is 2. The van der Waals surface area contributed by atoms with E-state index in [1.54, 1.807) is 0 Å². The first-order valence-electron chi connectivity index (χ1n) is 39.5. The maximum absolute atomic E-state index is 13.1. The number of ether oxygens (including phenoxy) is 4. The van der Waals surface area contributed by atoms with Crippen LogP contribution in [0, 0.1) is 11.8 Å². The van der Waals surface area contributed by atoms with Crippen LogP contribution in [0.1, 0.15) is 395 Å². The number of hydrogen-bond acceptors (Lipinski definition) is 15. The molecule has 0 saturated carbocycles. The first kappa shape index (κ1) is 93.1. The Morgan fingerprint density at radius 3 is 0.716 bits per heavy atom. The molecule has 0 saturated heterocycles.